The highest BCUT2D eigenvalue weighted by atomic mass is 16.6. The van der Waals surface area contributed by atoms with E-state index in [0.717, 1.165) is 6.42 Å². The third kappa shape index (κ3) is 4.37. The Morgan fingerprint density at radius 3 is 2.23 bits per heavy atom. The van der Waals surface area contributed by atoms with Gasteiger partial charge in [0.2, 0.25) is 0 Å². The lowest BCUT2D eigenvalue weighted by Crippen LogP contribution is -2.52. The number of likely N-dealkylation sites (tertiary alicyclic amines) is 1. The largest absolute Gasteiger partial charge is 0.480 e. The first-order valence-electron chi connectivity index (χ1n) is 8.50. The van der Waals surface area contributed by atoms with E-state index in [1.807, 2.05) is 0 Å². The van der Waals surface area contributed by atoms with E-state index >= 15 is 0 Å². The molecule has 0 aromatic heterocycles. The fourth-order valence-electron chi connectivity index (χ4n) is 3.80. The molecule has 5 nitrogen and oxygen atoms in total. The Bertz CT molecular complexity index is 409. The van der Waals surface area contributed by atoms with Gasteiger partial charge in [-0.3, -0.25) is 4.90 Å². The highest BCUT2D eigenvalue weighted by Gasteiger charge is 2.40. The fraction of sp³-hybridized carbons (Fsp3) is 0.882. The Morgan fingerprint density at radius 2 is 1.68 bits per heavy atom. The number of piperidine rings is 1. The van der Waals surface area contributed by atoms with Crippen LogP contribution in [0.25, 0.3) is 0 Å². The molecular formula is C17H29NO4. The number of hydrogen-bond acceptors (Lipinski definition) is 3. The second kappa shape index (κ2) is 6.88. The molecule has 1 saturated heterocycles. The molecule has 0 aromatic rings. The number of carboxylic acid groups (broad SMARTS) is 1. The van der Waals surface area contributed by atoms with Gasteiger partial charge in [-0.05, 0) is 45.4 Å². The summed E-state index contributed by atoms with van der Waals surface area (Å²) in [5.74, 6) is 0.155. The quantitative estimate of drug-likeness (QED) is 0.845. The van der Waals surface area contributed by atoms with Crippen LogP contribution in [0.4, 0.5) is 4.79 Å². The lowest BCUT2D eigenvalue weighted by atomic mass is 9.74. The summed E-state index contributed by atoms with van der Waals surface area (Å²) in [5, 5.41) is 9.52. The van der Waals surface area contributed by atoms with Crippen molar-refractivity contribution >= 4 is 12.1 Å². The Labute approximate surface area is 133 Å². The topological polar surface area (TPSA) is 66.8 Å². The van der Waals surface area contributed by atoms with Gasteiger partial charge in [0.1, 0.15) is 11.6 Å². The fourth-order valence-corrected chi connectivity index (χ4v) is 3.80. The molecule has 2 fully saturated rings. The van der Waals surface area contributed by atoms with Gasteiger partial charge in [0.05, 0.1) is 0 Å². The van der Waals surface area contributed by atoms with E-state index in [-0.39, 0.29) is 0 Å². The smallest absolute Gasteiger partial charge is 0.411 e. The summed E-state index contributed by atoms with van der Waals surface area (Å²) in [5.41, 5.74) is -0.597. The van der Waals surface area contributed by atoms with Crippen molar-refractivity contribution in [3.8, 4) is 0 Å². The first-order valence-corrected chi connectivity index (χ1v) is 8.50. The van der Waals surface area contributed by atoms with Crippen molar-refractivity contribution in [2.24, 2.45) is 11.8 Å². The van der Waals surface area contributed by atoms with Gasteiger partial charge in [0.25, 0.3) is 0 Å². The third-order valence-electron chi connectivity index (χ3n) is 4.87. The lowest BCUT2D eigenvalue weighted by Gasteiger charge is -2.41. The van der Waals surface area contributed by atoms with Crippen LogP contribution in [0.15, 0.2) is 0 Å². The van der Waals surface area contributed by atoms with E-state index in [0.29, 0.717) is 24.8 Å². The summed E-state index contributed by atoms with van der Waals surface area (Å²) in [4.78, 5) is 25.3. The maximum atomic E-state index is 12.3. The number of hydrogen-bond donors (Lipinski definition) is 1. The number of nitrogens with zero attached hydrogens (tertiary/aromatic N) is 1. The monoisotopic (exact) mass is 311 g/mol. The van der Waals surface area contributed by atoms with Gasteiger partial charge in [-0.2, -0.15) is 0 Å². The molecule has 0 spiro atoms. The average Bonchev–Trinajstić information content (AvgIpc) is 2.45. The molecule has 2 atom stereocenters. The van der Waals surface area contributed by atoms with Crippen molar-refractivity contribution < 1.29 is 19.4 Å². The zero-order valence-corrected chi connectivity index (χ0v) is 14.0. The maximum Gasteiger partial charge on any atom is 0.411 e. The molecule has 1 N–H and O–H groups in total. The van der Waals surface area contributed by atoms with Crippen molar-refractivity contribution in [2.75, 3.05) is 6.54 Å². The number of carboxylic acids is 1. The second-order valence-electron chi connectivity index (χ2n) is 7.71. The van der Waals surface area contributed by atoms with Gasteiger partial charge in [0, 0.05) is 6.54 Å². The van der Waals surface area contributed by atoms with Gasteiger partial charge < -0.3 is 9.84 Å². The minimum atomic E-state index is -0.911. The van der Waals surface area contributed by atoms with E-state index < -0.39 is 23.7 Å². The summed E-state index contributed by atoms with van der Waals surface area (Å²) in [6.45, 7) is 5.90. The van der Waals surface area contributed by atoms with Crippen molar-refractivity contribution in [1.29, 1.82) is 0 Å². The van der Waals surface area contributed by atoms with E-state index in [4.69, 9.17) is 4.74 Å². The standard InChI is InChI=1S/C17H29NO4/c1-17(2,3)22-16(21)18-10-9-13(11-14(18)15(19)20)12-7-5-4-6-8-12/h12-14H,4-11H2,1-3H3,(H,19,20)/t13-,14+/m0/s1. The van der Waals surface area contributed by atoms with Crippen LogP contribution in [-0.2, 0) is 9.53 Å². The predicted molar refractivity (Wildman–Crippen MR) is 83.7 cm³/mol. The van der Waals surface area contributed by atoms with Gasteiger partial charge >= 0.3 is 12.1 Å². The summed E-state index contributed by atoms with van der Waals surface area (Å²) in [6, 6.07) is -0.740. The molecule has 1 aliphatic heterocycles. The molecule has 1 amide bonds. The van der Waals surface area contributed by atoms with Crippen LogP contribution < -0.4 is 0 Å². The van der Waals surface area contributed by atoms with Crippen LogP contribution in [0.1, 0.15) is 65.7 Å². The summed E-state index contributed by atoms with van der Waals surface area (Å²) in [6.07, 6.45) is 7.21. The Balaban J connectivity index is 2.01. The van der Waals surface area contributed by atoms with E-state index in [1.54, 1.807) is 20.8 Å². The number of carbonyl (C=O) groups excluding carboxylic acids is 1. The normalized spacial score (nSPS) is 27.5. The van der Waals surface area contributed by atoms with Crippen LogP contribution in [0, 0.1) is 11.8 Å². The molecule has 1 aliphatic carbocycles. The molecule has 0 radical (unpaired) electrons. The maximum absolute atomic E-state index is 12.3. The highest BCUT2D eigenvalue weighted by Crippen LogP contribution is 2.37. The SMILES string of the molecule is CC(C)(C)OC(=O)N1CC[C@H](C2CCCCC2)C[C@@H]1C(=O)O. The van der Waals surface area contributed by atoms with Crippen LogP contribution in [0.5, 0.6) is 0 Å². The summed E-state index contributed by atoms with van der Waals surface area (Å²) in [7, 11) is 0. The molecule has 126 valence electrons. The van der Waals surface area contributed by atoms with Gasteiger partial charge in [-0.25, -0.2) is 9.59 Å². The van der Waals surface area contributed by atoms with Gasteiger partial charge in [0.15, 0.2) is 0 Å². The highest BCUT2D eigenvalue weighted by molar-refractivity contribution is 5.80. The zero-order valence-electron chi connectivity index (χ0n) is 14.0. The molecule has 2 aliphatic rings. The van der Waals surface area contributed by atoms with Gasteiger partial charge in [-0.1, -0.05) is 32.1 Å². The molecule has 1 heterocycles. The van der Waals surface area contributed by atoms with Gasteiger partial charge in [-0.15, -0.1) is 0 Å². The zero-order chi connectivity index (χ0) is 16.3. The van der Waals surface area contributed by atoms with Crippen molar-refractivity contribution in [1.82, 2.24) is 4.90 Å². The third-order valence-corrected chi connectivity index (χ3v) is 4.87. The number of carbonyl (C=O) groups is 2. The summed E-state index contributed by atoms with van der Waals surface area (Å²) < 4.78 is 5.36. The van der Waals surface area contributed by atoms with Crippen molar-refractivity contribution in [2.45, 2.75) is 77.4 Å². The Kier molecular flexibility index (Phi) is 5.35. The summed E-state index contributed by atoms with van der Waals surface area (Å²) >= 11 is 0. The average molecular weight is 311 g/mol. The second-order valence-corrected chi connectivity index (χ2v) is 7.71. The Morgan fingerprint density at radius 1 is 1.05 bits per heavy atom. The molecule has 0 bridgehead atoms. The Hall–Kier alpha value is -1.26. The van der Waals surface area contributed by atoms with Crippen molar-refractivity contribution in [3.63, 3.8) is 0 Å². The van der Waals surface area contributed by atoms with E-state index in [9.17, 15) is 14.7 Å². The van der Waals surface area contributed by atoms with Crippen LogP contribution in [-0.4, -0.2) is 40.3 Å². The van der Waals surface area contributed by atoms with E-state index in [1.165, 1.54) is 37.0 Å². The number of amides is 1. The van der Waals surface area contributed by atoms with Crippen molar-refractivity contribution in [3.05, 3.63) is 0 Å². The minimum absolute atomic E-state index is 0.431. The molecular weight excluding hydrogens is 282 g/mol. The molecule has 2 rings (SSSR count). The lowest BCUT2D eigenvalue weighted by molar-refractivity contribution is -0.145. The van der Waals surface area contributed by atoms with Crippen LogP contribution in [0.3, 0.4) is 0 Å². The number of rotatable bonds is 2. The van der Waals surface area contributed by atoms with Crippen LogP contribution in [0.2, 0.25) is 0 Å². The molecule has 0 aromatic carbocycles. The minimum Gasteiger partial charge on any atom is -0.480 e. The van der Waals surface area contributed by atoms with E-state index in [2.05, 4.69) is 0 Å². The molecule has 1 saturated carbocycles. The number of aliphatic carboxylic acids is 1. The predicted octanol–water partition coefficient (Wildman–Crippen LogP) is 3.67. The molecule has 22 heavy (non-hydrogen) atoms. The van der Waals surface area contributed by atoms with Crippen LogP contribution >= 0.6 is 0 Å². The first kappa shape index (κ1) is 17.1. The first-order chi connectivity index (χ1) is 10.3. The number of ether oxygens (including phenoxy) is 1. The molecule has 5 heteroatoms. The molecule has 0 unspecified atom stereocenters.